The van der Waals surface area contributed by atoms with Crippen LogP contribution in [-0.2, 0) is 9.53 Å². The molecule has 26 heavy (non-hydrogen) atoms. The van der Waals surface area contributed by atoms with Gasteiger partial charge in [0, 0.05) is 31.7 Å². The number of nitro benzene ring substituents is 1. The van der Waals surface area contributed by atoms with Crippen molar-refractivity contribution in [2.45, 2.75) is 12.8 Å². The third-order valence-corrected chi connectivity index (χ3v) is 4.80. The van der Waals surface area contributed by atoms with Crippen molar-refractivity contribution in [3.8, 4) is 0 Å². The first-order valence-electron chi connectivity index (χ1n) is 8.16. The van der Waals surface area contributed by atoms with Gasteiger partial charge in [-0.25, -0.2) is 0 Å². The van der Waals surface area contributed by atoms with Gasteiger partial charge in [-0.2, -0.15) is 0 Å². The molecular formula is C17H19N3O6. The third-order valence-electron chi connectivity index (χ3n) is 4.80. The molecule has 0 aliphatic carbocycles. The number of carbonyl (C=O) groups is 2. The third kappa shape index (κ3) is 3.01. The summed E-state index contributed by atoms with van der Waals surface area (Å²) < 4.78 is 5.07. The summed E-state index contributed by atoms with van der Waals surface area (Å²) in [4.78, 5) is 39.5. The van der Waals surface area contributed by atoms with Crippen LogP contribution in [0.25, 0.3) is 10.9 Å². The molecule has 1 atom stereocenters. The summed E-state index contributed by atoms with van der Waals surface area (Å²) in [5.41, 5.74) is -0.771. The molecule has 2 aromatic rings. The van der Waals surface area contributed by atoms with Gasteiger partial charge in [0.1, 0.15) is 16.6 Å². The first kappa shape index (κ1) is 17.9. The molecule has 1 unspecified atom stereocenters. The van der Waals surface area contributed by atoms with Gasteiger partial charge in [-0.15, -0.1) is 0 Å². The SMILES string of the molecule is COCC1(C(=O)O)CCCN(C(=O)c2cc3cccc([N+](=O)[O-])c3[nH]2)C1. The molecule has 9 nitrogen and oxygen atoms in total. The Kier molecular flexibility index (Phi) is 4.64. The number of hydrogen-bond acceptors (Lipinski definition) is 5. The number of carbonyl (C=O) groups excluding carboxylic acids is 1. The molecule has 3 rings (SSSR count). The molecule has 1 aliphatic heterocycles. The standard InChI is InChI=1S/C17H19N3O6/c1-26-10-17(16(22)23)6-3-7-19(9-17)15(21)12-8-11-4-2-5-13(20(24)25)14(11)18-12/h2,4-5,8,18H,3,6-7,9-10H2,1H3,(H,22,23). The second kappa shape index (κ2) is 6.75. The van der Waals surface area contributed by atoms with Crippen LogP contribution in [0, 0.1) is 15.5 Å². The zero-order valence-electron chi connectivity index (χ0n) is 14.2. The Morgan fingerprint density at radius 1 is 1.46 bits per heavy atom. The Balaban J connectivity index is 1.91. The van der Waals surface area contributed by atoms with E-state index in [-0.39, 0.29) is 36.0 Å². The van der Waals surface area contributed by atoms with Gasteiger partial charge in [0.05, 0.1) is 11.5 Å². The molecule has 1 amide bonds. The average Bonchev–Trinajstić information content (AvgIpc) is 3.05. The van der Waals surface area contributed by atoms with Crippen molar-refractivity contribution in [1.29, 1.82) is 0 Å². The van der Waals surface area contributed by atoms with E-state index in [4.69, 9.17) is 4.74 Å². The maximum atomic E-state index is 12.9. The summed E-state index contributed by atoms with van der Waals surface area (Å²) in [5.74, 6) is -1.37. The lowest BCUT2D eigenvalue weighted by atomic mass is 9.80. The fraction of sp³-hybridized carbons (Fsp3) is 0.412. The number of nitrogens with zero attached hydrogens (tertiary/aromatic N) is 2. The van der Waals surface area contributed by atoms with Crippen LogP contribution in [-0.4, -0.2) is 58.6 Å². The molecule has 1 saturated heterocycles. The van der Waals surface area contributed by atoms with E-state index in [1.54, 1.807) is 18.2 Å². The molecule has 1 aliphatic rings. The fourth-order valence-electron chi connectivity index (χ4n) is 3.51. The zero-order chi connectivity index (χ0) is 18.9. The van der Waals surface area contributed by atoms with Crippen LogP contribution in [0.4, 0.5) is 5.69 Å². The Morgan fingerprint density at radius 2 is 2.23 bits per heavy atom. The highest BCUT2D eigenvalue weighted by atomic mass is 16.6. The van der Waals surface area contributed by atoms with Crippen molar-refractivity contribution >= 4 is 28.5 Å². The van der Waals surface area contributed by atoms with Gasteiger partial charge >= 0.3 is 5.97 Å². The van der Waals surface area contributed by atoms with Crippen LogP contribution >= 0.6 is 0 Å². The number of amides is 1. The van der Waals surface area contributed by atoms with Gasteiger partial charge in [0.15, 0.2) is 0 Å². The molecule has 1 aromatic carbocycles. The lowest BCUT2D eigenvalue weighted by molar-refractivity contribution is -0.383. The highest BCUT2D eigenvalue weighted by Crippen LogP contribution is 2.32. The van der Waals surface area contributed by atoms with E-state index in [1.807, 2.05) is 0 Å². The lowest BCUT2D eigenvalue weighted by Crippen LogP contribution is -2.52. The number of aromatic amines is 1. The van der Waals surface area contributed by atoms with Crippen molar-refractivity contribution in [3.63, 3.8) is 0 Å². The summed E-state index contributed by atoms with van der Waals surface area (Å²) in [5, 5.41) is 21.3. The van der Waals surface area contributed by atoms with Gasteiger partial charge < -0.3 is 19.7 Å². The van der Waals surface area contributed by atoms with Gasteiger partial charge in [-0.3, -0.25) is 19.7 Å². The summed E-state index contributed by atoms with van der Waals surface area (Å²) in [6.07, 6.45) is 0.972. The quantitative estimate of drug-likeness (QED) is 0.620. The number of non-ortho nitro benzene ring substituents is 1. The Bertz CT molecular complexity index is 873. The van der Waals surface area contributed by atoms with Crippen molar-refractivity contribution in [2.75, 3.05) is 26.8 Å². The molecule has 2 heterocycles. The fourth-order valence-corrected chi connectivity index (χ4v) is 3.51. The number of methoxy groups -OCH3 is 1. The molecule has 0 radical (unpaired) electrons. The number of nitrogens with one attached hydrogen (secondary N) is 1. The van der Waals surface area contributed by atoms with Crippen LogP contribution < -0.4 is 0 Å². The number of benzene rings is 1. The monoisotopic (exact) mass is 361 g/mol. The predicted molar refractivity (Wildman–Crippen MR) is 92.0 cm³/mol. The van der Waals surface area contributed by atoms with Gasteiger partial charge in [0.2, 0.25) is 0 Å². The summed E-state index contributed by atoms with van der Waals surface area (Å²) >= 11 is 0. The van der Waals surface area contributed by atoms with Crippen molar-refractivity contribution in [2.24, 2.45) is 5.41 Å². The van der Waals surface area contributed by atoms with Crippen LogP contribution in [0.2, 0.25) is 0 Å². The number of aliphatic carboxylic acids is 1. The van der Waals surface area contributed by atoms with E-state index >= 15 is 0 Å². The zero-order valence-corrected chi connectivity index (χ0v) is 14.2. The Hall–Kier alpha value is -2.94. The van der Waals surface area contributed by atoms with E-state index in [2.05, 4.69) is 4.98 Å². The molecule has 0 saturated carbocycles. The number of carboxylic acids is 1. The highest BCUT2D eigenvalue weighted by molar-refractivity contribution is 6.00. The minimum atomic E-state index is -1.14. The molecule has 138 valence electrons. The number of piperidine rings is 1. The smallest absolute Gasteiger partial charge is 0.313 e. The molecule has 1 aromatic heterocycles. The van der Waals surface area contributed by atoms with Crippen molar-refractivity contribution in [1.82, 2.24) is 9.88 Å². The van der Waals surface area contributed by atoms with Crippen LogP contribution in [0.1, 0.15) is 23.3 Å². The summed E-state index contributed by atoms with van der Waals surface area (Å²) in [6, 6.07) is 6.15. The summed E-state index contributed by atoms with van der Waals surface area (Å²) in [7, 11) is 1.43. The van der Waals surface area contributed by atoms with E-state index in [1.165, 1.54) is 18.1 Å². The van der Waals surface area contributed by atoms with E-state index in [0.29, 0.717) is 24.8 Å². The largest absolute Gasteiger partial charge is 0.481 e. The molecule has 1 fully saturated rings. The number of carboxylic acid groups (broad SMARTS) is 1. The number of likely N-dealkylation sites (tertiary alicyclic amines) is 1. The molecule has 0 spiro atoms. The van der Waals surface area contributed by atoms with Gasteiger partial charge in [0.25, 0.3) is 11.6 Å². The molecular weight excluding hydrogens is 342 g/mol. The first-order valence-corrected chi connectivity index (χ1v) is 8.16. The second-order valence-corrected chi connectivity index (χ2v) is 6.53. The lowest BCUT2D eigenvalue weighted by Gasteiger charge is -2.39. The van der Waals surface area contributed by atoms with E-state index in [0.717, 1.165) is 0 Å². The van der Waals surface area contributed by atoms with Crippen molar-refractivity contribution < 1.29 is 24.4 Å². The number of rotatable bonds is 5. The number of fused-ring (bicyclic) bond motifs is 1. The number of aromatic nitrogens is 1. The normalized spacial score (nSPS) is 20.3. The topological polar surface area (TPSA) is 126 Å². The van der Waals surface area contributed by atoms with Gasteiger partial charge in [-0.1, -0.05) is 12.1 Å². The maximum absolute atomic E-state index is 12.9. The molecule has 2 N–H and O–H groups in total. The van der Waals surface area contributed by atoms with Crippen LogP contribution in [0.3, 0.4) is 0 Å². The second-order valence-electron chi connectivity index (χ2n) is 6.53. The minimum Gasteiger partial charge on any atom is -0.481 e. The first-order chi connectivity index (χ1) is 12.4. The number of hydrogen-bond donors (Lipinski definition) is 2. The Morgan fingerprint density at radius 3 is 2.88 bits per heavy atom. The van der Waals surface area contributed by atoms with Crippen LogP contribution in [0.5, 0.6) is 0 Å². The predicted octanol–water partition coefficient (Wildman–Crippen LogP) is 2.03. The van der Waals surface area contributed by atoms with E-state index < -0.39 is 16.3 Å². The Labute approximate surface area is 148 Å². The summed E-state index contributed by atoms with van der Waals surface area (Å²) in [6.45, 7) is 0.478. The molecule has 9 heteroatoms. The number of ether oxygens (including phenoxy) is 1. The highest BCUT2D eigenvalue weighted by Gasteiger charge is 2.44. The maximum Gasteiger partial charge on any atom is 0.313 e. The van der Waals surface area contributed by atoms with Crippen LogP contribution in [0.15, 0.2) is 24.3 Å². The number of H-pyrrole nitrogens is 1. The van der Waals surface area contributed by atoms with E-state index in [9.17, 15) is 24.8 Å². The van der Waals surface area contributed by atoms with Gasteiger partial charge in [-0.05, 0) is 18.9 Å². The van der Waals surface area contributed by atoms with Crippen molar-refractivity contribution in [3.05, 3.63) is 40.1 Å². The number of nitro groups is 1. The number of para-hydroxylation sites is 1. The average molecular weight is 361 g/mol. The molecule has 0 bridgehead atoms. The minimum absolute atomic E-state index is 0.0181.